The summed E-state index contributed by atoms with van der Waals surface area (Å²) in [5.41, 5.74) is 1.34. The summed E-state index contributed by atoms with van der Waals surface area (Å²) < 4.78 is 41.2. The molecular weight excluding hydrogens is 411 g/mol. The summed E-state index contributed by atoms with van der Waals surface area (Å²) >= 11 is 0.999. The first-order valence-electron chi connectivity index (χ1n) is 10.4. The molecule has 0 radical (unpaired) electrons. The Labute approximate surface area is 178 Å². The van der Waals surface area contributed by atoms with Crippen molar-refractivity contribution in [3.63, 3.8) is 0 Å². The van der Waals surface area contributed by atoms with Crippen molar-refractivity contribution < 1.29 is 18.0 Å². The molecule has 1 aromatic heterocycles. The molecule has 1 atom stereocenters. The summed E-state index contributed by atoms with van der Waals surface area (Å²) in [6, 6.07) is 7.63. The lowest BCUT2D eigenvalue weighted by atomic mass is 9.88. The number of hydrogen-bond acceptors (Lipinski definition) is 4. The highest BCUT2D eigenvalue weighted by atomic mass is 32.2. The van der Waals surface area contributed by atoms with Crippen molar-refractivity contribution in [2.45, 2.75) is 62.8 Å². The fourth-order valence-corrected chi connectivity index (χ4v) is 5.14. The number of carbonyl (C=O) groups is 1. The molecule has 4 rings (SSSR count). The van der Waals surface area contributed by atoms with Gasteiger partial charge in [-0.1, -0.05) is 43.0 Å². The van der Waals surface area contributed by atoms with E-state index in [9.17, 15) is 18.0 Å². The highest BCUT2D eigenvalue weighted by Gasteiger charge is 2.39. The minimum absolute atomic E-state index is 0.0104. The van der Waals surface area contributed by atoms with E-state index >= 15 is 0 Å². The van der Waals surface area contributed by atoms with Crippen LogP contribution in [0.1, 0.15) is 49.4 Å². The lowest BCUT2D eigenvalue weighted by Crippen LogP contribution is -2.44. The van der Waals surface area contributed by atoms with E-state index < -0.39 is 11.9 Å². The topological polar surface area (TPSA) is 46.1 Å². The molecule has 0 bridgehead atoms. The van der Waals surface area contributed by atoms with E-state index in [2.05, 4.69) is 16.9 Å². The lowest BCUT2D eigenvalue weighted by Gasteiger charge is -2.35. The Balaban J connectivity index is 1.62. The van der Waals surface area contributed by atoms with Crippen LogP contribution in [0.3, 0.4) is 0 Å². The van der Waals surface area contributed by atoms with Crippen molar-refractivity contribution in [2.24, 2.45) is 0 Å². The average Bonchev–Trinajstić information content (AvgIpc) is 2.76. The van der Waals surface area contributed by atoms with E-state index in [0.29, 0.717) is 18.7 Å². The number of hydrogen-bond donors (Lipinski definition) is 0. The number of aryl methyl sites for hydroxylation is 1. The molecule has 160 valence electrons. The van der Waals surface area contributed by atoms with E-state index in [1.165, 1.54) is 0 Å². The molecule has 1 aromatic carbocycles. The van der Waals surface area contributed by atoms with Gasteiger partial charge in [0.2, 0.25) is 5.91 Å². The maximum absolute atomic E-state index is 13.7. The highest BCUT2D eigenvalue weighted by Crippen LogP contribution is 2.40. The molecule has 0 saturated carbocycles. The van der Waals surface area contributed by atoms with Crippen molar-refractivity contribution in [2.75, 3.05) is 12.3 Å². The molecule has 1 aliphatic heterocycles. The van der Waals surface area contributed by atoms with Gasteiger partial charge in [0.1, 0.15) is 0 Å². The molecule has 2 aromatic rings. The van der Waals surface area contributed by atoms with Crippen LogP contribution in [-0.2, 0) is 23.8 Å². The van der Waals surface area contributed by atoms with Gasteiger partial charge < -0.3 is 4.90 Å². The summed E-state index contributed by atoms with van der Waals surface area (Å²) in [6.45, 7) is 2.77. The first-order valence-corrected chi connectivity index (χ1v) is 11.4. The second-order valence-corrected chi connectivity index (χ2v) is 8.71. The van der Waals surface area contributed by atoms with Crippen LogP contribution in [0.4, 0.5) is 13.2 Å². The summed E-state index contributed by atoms with van der Waals surface area (Å²) in [5, 5.41) is 0.0104. The Kier molecular flexibility index (Phi) is 6.04. The van der Waals surface area contributed by atoms with Crippen molar-refractivity contribution in [3.05, 3.63) is 41.1 Å². The predicted molar refractivity (Wildman–Crippen MR) is 110 cm³/mol. The highest BCUT2D eigenvalue weighted by molar-refractivity contribution is 7.99. The number of nitrogens with zero attached hydrogens (tertiary/aromatic N) is 3. The molecule has 0 unspecified atom stereocenters. The molecule has 0 N–H and O–H groups in total. The van der Waals surface area contributed by atoms with Crippen LogP contribution < -0.4 is 0 Å². The molecule has 2 heterocycles. The van der Waals surface area contributed by atoms with Gasteiger partial charge in [-0.25, -0.2) is 9.97 Å². The van der Waals surface area contributed by atoms with E-state index in [4.69, 9.17) is 0 Å². The van der Waals surface area contributed by atoms with E-state index in [-0.39, 0.29) is 34.8 Å². The maximum atomic E-state index is 13.7. The monoisotopic (exact) mass is 435 g/mol. The van der Waals surface area contributed by atoms with Gasteiger partial charge in [-0.2, -0.15) is 13.2 Å². The summed E-state index contributed by atoms with van der Waals surface area (Å²) in [5.74, 6) is -0.00403. The van der Waals surface area contributed by atoms with Crippen LogP contribution in [0, 0.1) is 0 Å². The van der Waals surface area contributed by atoms with Crippen LogP contribution in [0.2, 0.25) is 0 Å². The van der Waals surface area contributed by atoms with Gasteiger partial charge in [0.25, 0.3) is 0 Å². The smallest absolute Gasteiger partial charge is 0.339 e. The number of amides is 1. The quantitative estimate of drug-likeness (QED) is 0.493. The van der Waals surface area contributed by atoms with Crippen LogP contribution in [0.5, 0.6) is 0 Å². The molecule has 1 amide bonds. The number of halogens is 3. The first-order chi connectivity index (χ1) is 14.4. The van der Waals surface area contributed by atoms with Crippen molar-refractivity contribution in [1.82, 2.24) is 14.9 Å². The van der Waals surface area contributed by atoms with Crippen molar-refractivity contribution >= 4 is 17.7 Å². The number of thioether (sulfide) groups is 1. The minimum Gasteiger partial charge on any atom is -0.339 e. The van der Waals surface area contributed by atoms with Crippen molar-refractivity contribution in [1.29, 1.82) is 0 Å². The van der Waals surface area contributed by atoms with Gasteiger partial charge in [0, 0.05) is 23.7 Å². The zero-order valence-electron chi connectivity index (χ0n) is 16.8. The van der Waals surface area contributed by atoms with Gasteiger partial charge in [0.15, 0.2) is 10.9 Å². The Morgan fingerprint density at radius 1 is 1.20 bits per heavy atom. The van der Waals surface area contributed by atoms with Gasteiger partial charge in [-0.05, 0) is 44.1 Å². The molecule has 2 aliphatic rings. The Bertz CT molecular complexity index is 948. The number of carbonyl (C=O) groups excluding carboxylic acids is 1. The number of benzene rings is 1. The molecule has 0 spiro atoms. The molecule has 4 nitrogen and oxygen atoms in total. The first kappa shape index (κ1) is 21.2. The van der Waals surface area contributed by atoms with E-state index in [0.717, 1.165) is 48.6 Å². The number of fused-ring (bicyclic) bond motifs is 3. The number of alkyl halides is 3. The van der Waals surface area contributed by atoms with Crippen LogP contribution in [0.25, 0.3) is 11.3 Å². The summed E-state index contributed by atoms with van der Waals surface area (Å²) in [4.78, 5) is 22.9. The third kappa shape index (κ3) is 4.19. The predicted octanol–water partition coefficient (Wildman–Crippen LogP) is 5.14. The van der Waals surface area contributed by atoms with E-state index in [1.807, 2.05) is 17.0 Å². The third-order valence-electron chi connectivity index (χ3n) is 5.92. The molecule has 8 heteroatoms. The molecule has 1 aliphatic carbocycles. The normalized spacial score (nSPS) is 18.7. The van der Waals surface area contributed by atoms with Gasteiger partial charge in [0.05, 0.1) is 11.4 Å². The average molecular weight is 436 g/mol. The van der Waals surface area contributed by atoms with E-state index in [1.54, 1.807) is 12.1 Å². The molecule has 30 heavy (non-hydrogen) atoms. The number of rotatable bonds is 4. The van der Waals surface area contributed by atoms with Crippen LogP contribution >= 0.6 is 11.8 Å². The second kappa shape index (κ2) is 8.57. The Morgan fingerprint density at radius 2 is 2.00 bits per heavy atom. The zero-order valence-corrected chi connectivity index (χ0v) is 17.7. The largest absolute Gasteiger partial charge is 0.433 e. The zero-order chi connectivity index (χ0) is 21.3. The van der Waals surface area contributed by atoms with Crippen LogP contribution in [0.15, 0.2) is 29.4 Å². The fourth-order valence-electron chi connectivity index (χ4n) is 4.41. The summed E-state index contributed by atoms with van der Waals surface area (Å²) in [7, 11) is 0. The molecule has 1 saturated heterocycles. The van der Waals surface area contributed by atoms with Crippen LogP contribution in [-0.4, -0.2) is 39.1 Å². The van der Waals surface area contributed by atoms with Gasteiger partial charge in [-0.15, -0.1) is 0 Å². The second-order valence-electron chi connectivity index (χ2n) is 7.77. The minimum atomic E-state index is -4.56. The SMILES string of the molecule is CC[C@@H]1CCCCN1C(=O)CSc1nc2c(c(C(F)(F)F)n1)CCc1ccccc1-2. The standard InChI is InChI=1S/C22H24F3N3OS/c1-2-15-8-5-6-12-28(15)18(29)13-30-21-26-19-16-9-4-3-7-14(16)10-11-17(19)20(27-21)22(23,24)25/h3-4,7,9,15H,2,5-6,8,10-13H2,1H3/t15-/m1/s1. The maximum Gasteiger partial charge on any atom is 0.433 e. The molecule has 1 fully saturated rings. The lowest BCUT2D eigenvalue weighted by molar-refractivity contribution is -0.142. The molecular formula is C22H24F3N3OS. The fraction of sp³-hybridized carbons (Fsp3) is 0.500. The number of piperidine rings is 1. The summed E-state index contributed by atoms with van der Waals surface area (Å²) in [6.07, 6.45) is 0.191. The number of likely N-dealkylation sites (tertiary alicyclic amines) is 1. The van der Waals surface area contributed by atoms with Crippen molar-refractivity contribution in [3.8, 4) is 11.3 Å². The Morgan fingerprint density at radius 3 is 2.77 bits per heavy atom. The van der Waals surface area contributed by atoms with Gasteiger partial charge >= 0.3 is 6.18 Å². The Hall–Kier alpha value is -2.09. The van der Waals surface area contributed by atoms with Gasteiger partial charge in [-0.3, -0.25) is 4.79 Å². The third-order valence-corrected chi connectivity index (χ3v) is 6.75. The number of aromatic nitrogens is 2.